The van der Waals surface area contributed by atoms with Crippen LogP contribution >= 0.6 is 0 Å². The van der Waals surface area contributed by atoms with Gasteiger partial charge in [0.25, 0.3) is 5.56 Å². The van der Waals surface area contributed by atoms with Gasteiger partial charge in [0.2, 0.25) is 0 Å². The zero-order valence-corrected chi connectivity index (χ0v) is 16.9. The molecule has 0 aliphatic heterocycles. The summed E-state index contributed by atoms with van der Waals surface area (Å²) in [4.78, 5) is 20.2. The first-order valence-corrected chi connectivity index (χ1v) is 9.26. The maximum Gasteiger partial charge on any atom is 0.276 e. The molecule has 0 bridgehead atoms. The minimum absolute atomic E-state index is 0.133. The Morgan fingerprint density at radius 1 is 1.07 bits per heavy atom. The highest BCUT2D eigenvalue weighted by Gasteiger charge is 2.23. The fourth-order valence-electron chi connectivity index (χ4n) is 3.59. The summed E-state index contributed by atoms with van der Waals surface area (Å²) < 4.78 is 3.29. The number of H-pyrrole nitrogens is 1. The van der Waals surface area contributed by atoms with E-state index in [9.17, 15) is 4.79 Å². The van der Waals surface area contributed by atoms with Crippen molar-refractivity contribution in [3.63, 3.8) is 0 Å². The van der Waals surface area contributed by atoms with Crippen LogP contribution in [0, 0.1) is 27.7 Å². The predicted molar refractivity (Wildman–Crippen MR) is 107 cm³/mol. The average molecular weight is 377 g/mol. The van der Waals surface area contributed by atoms with Crippen LogP contribution in [-0.4, -0.2) is 34.6 Å². The average Bonchev–Trinajstić information content (AvgIpc) is 3.18. The first kappa shape index (κ1) is 18.1. The van der Waals surface area contributed by atoms with Crippen LogP contribution in [0.15, 0.2) is 23.1 Å². The summed E-state index contributed by atoms with van der Waals surface area (Å²) in [5.41, 5.74) is 5.54. The van der Waals surface area contributed by atoms with E-state index in [4.69, 9.17) is 10.1 Å². The van der Waals surface area contributed by atoms with Crippen molar-refractivity contribution in [1.82, 2.24) is 34.6 Å². The quantitative estimate of drug-likeness (QED) is 0.592. The Kier molecular flexibility index (Phi) is 4.14. The molecule has 0 fully saturated rings. The SMILES string of the molecule is Cc1cc(C)c(-n2nc(C(C)C)nc2-c2nnn3cc(C)[nH]c(=O)c23)c(C)c1. The van der Waals surface area contributed by atoms with Crippen LogP contribution in [0.5, 0.6) is 0 Å². The van der Waals surface area contributed by atoms with E-state index in [1.807, 2.05) is 13.8 Å². The molecule has 8 nitrogen and oxygen atoms in total. The van der Waals surface area contributed by atoms with Gasteiger partial charge in [0.1, 0.15) is 0 Å². The van der Waals surface area contributed by atoms with Crippen molar-refractivity contribution < 1.29 is 0 Å². The molecule has 4 rings (SSSR count). The van der Waals surface area contributed by atoms with Crippen LogP contribution in [0.3, 0.4) is 0 Å². The number of hydrogen-bond donors (Lipinski definition) is 1. The van der Waals surface area contributed by atoms with Gasteiger partial charge in [0.15, 0.2) is 22.9 Å². The molecule has 0 amide bonds. The van der Waals surface area contributed by atoms with E-state index < -0.39 is 0 Å². The van der Waals surface area contributed by atoms with E-state index in [0.29, 0.717) is 28.6 Å². The van der Waals surface area contributed by atoms with Crippen LogP contribution in [0.4, 0.5) is 0 Å². The molecule has 0 atom stereocenters. The molecule has 3 heterocycles. The van der Waals surface area contributed by atoms with E-state index in [-0.39, 0.29) is 11.5 Å². The third-order valence-corrected chi connectivity index (χ3v) is 4.74. The molecule has 0 saturated carbocycles. The summed E-state index contributed by atoms with van der Waals surface area (Å²) in [5, 5.41) is 13.2. The van der Waals surface area contributed by atoms with E-state index in [2.05, 4.69) is 48.2 Å². The monoisotopic (exact) mass is 377 g/mol. The molecule has 144 valence electrons. The molecule has 0 saturated heterocycles. The summed E-state index contributed by atoms with van der Waals surface area (Å²) in [7, 11) is 0. The van der Waals surface area contributed by atoms with E-state index in [0.717, 1.165) is 16.8 Å². The third kappa shape index (κ3) is 2.81. The predicted octanol–water partition coefficient (Wildman–Crippen LogP) is 3.02. The molecule has 28 heavy (non-hydrogen) atoms. The van der Waals surface area contributed by atoms with Crippen molar-refractivity contribution in [3.05, 3.63) is 56.9 Å². The van der Waals surface area contributed by atoms with Gasteiger partial charge in [-0.15, -0.1) is 5.10 Å². The number of aryl methyl sites for hydroxylation is 4. The maximum atomic E-state index is 12.6. The Labute approximate surface area is 162 Å². The Balaban J connectivity index is 2.06. The zero-order valence-electron chi connectivity index (χ0n) is 16.9. The first-order valence-electron chi connectivity index (χ1n) is 9.26. The fourth-order valence-corrected chi connectivity index (χ4v) is 3.59. The Morgan fingerprint density at radius 2 is 1.75 bits per heavy atom. The molecule has 0 aliphatic carbocycles. The Bertz CT molecular complexity index is 1240. The van der Waals surface area contributed by atoms with Crippen molar-refractivity contribution in [2.24, 2.45) is 0 Å². The second-order valence-corrected chi connectivity index (χ2v) is 7.60. The molecule has 8 heteroatoms. The van der Waals surface area contributed by atoms with E-state index in [1.165, 1.54) is 10.1 Å². The number of nitrogens with one attached hydrogen (secondary N) is 1. The van der Waals surface area contributed by atoms with Crippen molar-refractivity contribution >= 4 is 5.52 Å². The first-order chi connectivity index (χ1) is 13.3. The van der Waals surface area contributed by atoms with Crippen LogP contribution in [0.1, 0.15) is 48.0 Å². The lowest BCUT2D eigenvalue weighted by atomic mass is 10.1. The molecular weight excluding hydrogens is 354 g/mol. The minimum atomic E-state index is -0.252. The van der Waals surface area contributed by atoms with Crippen molar-refractivity contribution in [2.75, 3.05) is 0 Å². The molecule has 1 N–H and O–H groups in total. The van der Waals surface area contributed by atoms with E-state index in [1.54, 1.807) is 17.8 Å². The minimum Gasteiger partial charge on any atom is -0.323 e. The van der Waals surface area contributed by atoms with Crippen LogP contribution < -0.4 is 5.56 Å². The van der Waals surface area contributed by atoms with Crippen LogP contribution in [0.2, 0.25) is 0 Å². The molecule has 1 aromatic carbocycles. The van der Waals surface area contributed by atoms with Gasteiger partial charge in [-0.1, -0.05) is 36.8 Å². The van der Waals surface area contributed by atoms with Crippen LogP contribution in [0.25, 0.3) is 22.7 Å². The molecule has 0 unspecified atom stereocenters. The largest absolute Gasteiger partial charge is 0.323 e. The van der Waals surface area contributed by atoms with Crippen molar-refractivity contribution in [1.29, 1.82) is 0 Å². The van der Waals surface area contributed by atoms with Gasteiger partial charge in [-0.2, -0.15) is 5.10 Å². The molecule has 3 aromatic heterocycles. The number of hydrogen-bond acceptors (Lipinski definition) is 5. The standard InChI is InChI=1S/C20H23N7O/c1-10(2)18-22-19(15-17-20(28)21-14(6)9-26(17)25-23-15)27(24-18)16-12(4)7-11(3)8-13(16)5/h7-10H,1-6H3,(H,21,28). The number of nitrogens with zero attached hydrogens (tertiary/aromatic N) is 6. The van der Waals surface area contributed by atoms with Crippen LogP contribution in [-0.2, 0) is 0 Å². The highest BCUT2D eigenvalue weighted by molar-refractivity contribution is 5.72. The lowest BCUT2D eigenvalue weighted by Crippen LogP contribution is -2.12. The smallest absolute Gasteiger partial charge is 0.276 e. The molecular formula is C20H23N7O. The number of benzene rings is 1. The normalized spacial score (nSPS) is 11.7. The summed E-state index contributed by atoms with van der Waals surface area (Å²) in [5.74, 6) is 1.34. The third-order valence-electron chi connectivity index (χ3n) is 4.74. The summed E-state index contributed by atoms with van der Waals surface area (Å²) in [6.07, 6.45) is 1.74. The number of rotatable bonds is 3. The molecule has 4 aromatic rings. The van der Waals surface area contributed by atoms with Crippen molar-refractivity contribution in [3.8, 4) is 17.2 Å². The van der Waals surface area contributed by atoms with Gasteiger partial charge >= 0.3 is 0 Å². The van der Waals surface area contributed by atoms with Crippen molar-refractivity contribution in [2.45, 2.75) is 47.5 Å². The van der Waals surface area contributed by atoms with Gasteiger partial charge in [-0.3, -0.25) is 4.79 Å². The summed E-state index contributed by atoms with van der Waals surface area (Å²) >= 11 is 0. The fraction of sp³-hybridized carbons (Fsp3) is 0.350. The zero-order chi connectivity index (χ0) is 20.2. The topological polar surface area (TPSA) is 93.8 Å². The maximum absolute atomic E-state index is 12.6. The molecule has 0 aliphatic rings. The lowest BCUT2D eigenvalue weighted by molar-refractivity contribution is 0.751. The van der Waals surface area contributed by atoms with Gasteiger partial charge in [0, 0.05) is 11.6 Å². The number of aromatic nitrogens is 7. The van der Waals surface area contributed by atoms with Gasteiger partial charge in [-0.05, 0) is 38.8 Å². The highest BCUT2D eigenvalue weighted by Crippen LogP contribution is 2.28. The number of fused-ring (bicyclic) bond motifs is 1. The Morgan fingerprint density at radius 3 is 2.39 bits per heavy atom. The van der Waals surface area contributed by atoms with E-state index >= 15 is 0 Å². The number of aromatic amines is 1. The van der Waals surface area contributed by atoms with Gasteiger partial charge < -0.3 is 4.98 Å². The summed E-state index contributed by atoms with van der Waals surface area (Å²) in [6, 6.07) is 4.23. The lowest BCUT2D eigenvalue weighted by Gasteiger charge is -2.12. The Hall–Kier alpha value is -3.29. The molecule has 0 radical (unpaired) electrons. The molecule has 0 spiro atoms. The van der Waals surface area contributed by atoms with Gasteiger partial charge in [0.05, 0.1) is 11.9 Å². The summed E-state index contributed by atoms with van der Waals surface area (Å²) in [6.45, 7) is 12.1. The second kappa shape index (κ2) is 6.40. The highest BCUT2D eigenvalue weighted by atomic mass is 16.1. The second-order valence-electron chi connectivity index (χ2n) is 7.60. The van der Waals surface area contributed by atoms with Gasteiger partial charge in [-0.25, -0.2) is 14.2 Å².